The van der Waals surface area contributed by atoms with Crippen molar-refractivity contribution in [2.75, 3.05) is 13.7 Å². The van der Waals surface area contributed by atoms with Gasteiger partial charge in [0.15, 0.2) is 0 Å². The maximum absolute atomic E-state index is 13.3. The van der Waals surface area contributed by atoms with Gasteiger partial charge in [-0.25, -0.2) is 4.39 Å². The molecule has 2 atom stereocenters. The number of methoxy groups -OCH3 is 1. The van der Waals surface area contributed by atoms with E-state index < -0.39 is 0 Å². The number of nitrogens with one attached hydrogen (secondary N) is 2. The summed E-state index contributed by atoms with van der Waals surface area (Å²) in [4.78, 5) is 0. The van der Waals surface area contributed by atoms with Gasteiger partial charge in [-0.15, -0.1) is 24.8 Å². The summed E-state index contributed by atoms with van der Waals surface area (Å²) in [6.07, 6.45) is 2.29. The fourth-order valence-electron chi connectivity index (χ4n) is 4.10. The van der Waals surface area contributed by atoms with E-state index in [2.05, 4.69) is 47.0 Å². The molecule has 0 amide bonds. The van der Waals surface area contributed by atoms with Gasteiger partial charge in [-0.1, -0.05) is 48.5 Å². The van der Waals surface area contributed by atoms with E-state index >= 15 is 0 Å². The largest absolute Gasteiger partial charge is 0.496 e. The molecule has 3 aromatic carbocycles. The third kappa shape index (κ3) is 6.20. The van der Waals surface area contributed by atoms with Crippen molar-refractivity contribution >= 4 is 24.8 Å². The second kappa shape index (κ2) is 12.1. The summed E-state index contributed by atoms with van der Waals surface area (Å²) >= 11 is 0. The molecular formula is C25H29Cl2FN2O. The summed E-state index contributed by atoms with van der Waals surface area (Å²) < 4.78 is 18.9. The Morgan fingerprint density at radius 1 is 0.968 bits per heavy atom. The molecule has 0 aromatic heterocycles. The number of piperidine rings is 1. The first-order valence-corrected chi connectivity index (χ1v) is 10.2. The van der Waals surface area contributed by atoms with E-state index in [1.807, 2.05) is 24.3 Å². The summed E-state index contributed by atoms with van der Waals surface area (Å²) in [5.74, 6) is 0.643. The minimum Gasteiger partial charge on any atom is -0.496 e. The van der Waals surface area contributed by atoms with Crippen molar-refractivity contribution in [3.05, 3.63) is 89.7 Å². The lowest BCUT2D eigenvalue weighted by Crippen LogP contribution is -2.45. The number of ether oxygens (including phenoxy) is 1. The molecule has 1 aliphatic heterocycles. The number of hydrogen-bond acceptors (Lipinski definition) is 3. The number of rotatable bonds is 6. The highest BCUT2D eigenvalue weighted by molar-refractivity contribution is 5.85. The molecule has 4 rings (SSSR count). The van der Waals surface area contributed by atoms with E-state index in [9.17, 15) is 4.39 Å². The van der Waals surface area contributed by atoms with E-state index in [1.54, 1.807) is 7.11 Å². The Kier molecular flexibility index (Phi) is 9.79. The zero-order valence-electron chi connectivity index (χ0n) is 17.5. The summed E-state index contributed by atoms with van der Waals surface area (Å²) in [6.45, 7) is 1.76. The summed E-state index contributed by atoms with van der Waals surface area (Å²) in [5.41, 5.74) is 4.48. The van der Waals surface area contributed by atoms with Crippen LogP contribution >= 0.6 is 24.8 Å². The molecule has 1 fully saturated rings. The van der Waals surface area contributed by atoms with Gasteiger partial charge in [0.1, 0.15) is 11.6 Å². The lowest BCUT2D eigenvalue weighted by molar-refractivity contribution is 0.303. The third-order valence-corrected chi connectivity index (χ3v) is 5.63. The molecule has 6 heteroatoms. The van der Waals surface area contributed by atoms with Crippen LogP contribution in [-0.4, -0.2) is 19.7 Å². The first kappa shape index (κ1) is 25.2. The van der Waals surface area contributed by atoms with E-state index in [-0.39, 0.29) is 30.6 Å². The van der Waals surface area contributed by atoms with Gasteiger partial charge in [-0.05, 0) is 60.3 Å². The van der Waals surface area contributed by atoms with Crippen LogP contribution in [0.5, 0.6) is 5.75 Å². The quantitative estimate of drug-likeness (QED) is 0.476. The fraction of sp³-hybridized carbons (Fsp3) is 0.280. The van der Waals surface area contributed by atoms with Crippen molar-refractivity contribution in [3.8, 4) is 16.9 Å². The van der Waals surface area contributed by atoms with Crippen LogP contribution in [0.4, 0.5) is 4.39 Å². The van der Waals surface area contributed by atoms with E-state index in [1.165, 1.54) is 17.7 Å². The van der Waals surface area contributed by atoms with Crippen molar-refractivity contribution in [1.82, 2.24) is 10.6 Å². The van der Waals surface area contributed by atoms with Gasteiger partial charge in [-0.3, -0.25) is 0 Å². The minimum atomic E-state index is -0.221. The SMILES string of the molecule is COc1ccc(-c2ccc(F)cc2)cc1CN[C@H]1CCCN[C@H]1c1ccccc1.Cl.Cl. The molecule has 0 spiro atoms. The Bertz CT molecular complexity index is 938. The monoisotopic (exact) mass is 462 g/mol. The van der Waals surface area contributed by atoms with Gasteiger partial charge in [0.05, 0.1) is 7.11 Å². The van der Waals surface area contributed by atoms with E-state index in [4.69, 9.17) is 4.74 Å². The van der Waals surface area contributed by atoms with Gasteiger partial charge < -0.3 is 15.4 Å². The van der Waals surface area contributed by atoms with Crippen LogP contribution in [0.25, 0.3) is 11.1 Å². The second-order valence-corrected chi connectivity index (χ2v) is 7.51. The summed E-state index contributed by atoms with van der Waals surface area (Å²) in [6, 6.07) is 24.0. The Hall–Kier alpha value is -2.11. The molecule has 0 bridgehead atoms. The third-order valence-electron chi connectivity index (χ3n) is 5.63. The van der Waals surface area contributed by atoms with Crippen molar-refractivity contribution in [2.45, 2.75) is 31.5 Å². The number of hydrogen-bond donors (Lipinski definition) is 2. The van der Waals surface area contributed by atoms with Crippen LogP contribution in [0.2, 0.25) is 0 Å². The maximum atomic E-state index is 13.3. The Morgan fingerprint density at radius 2 is 1.68 bits per heavy atom. The van der Waals surface area contributed by atoms with E-state index in [0.717, 1.165) is 41.8 Å². The molecule has 1 heterocycles. The smallest absolute Gasteiger partial charge is 0.123 e. The van der Waals surface area contributed by atoms with Crippen LogP contribution in [0.15, 0.2) is 72.8 Å². The first-order valence-electron chi connectivity index (χ1n) is 10.2. The lowest BCUT2D eigenvalue weighted by Gasteiger charge is -2.34. The van der Waals surface area contributed by atoms with Crippen molar-refractivity contribution in [2.24, 2.45) is 0 Å². The molecule has 0 saturated carbocycles. The van der Waals surface area contributed by atoms with Gasteiger partial charge >= 0.3 is 0 Å². The fourth-order valence-corrected chi connectivity index (χ4v) is 4.10. The predicted molar refractivity (Wildman–Crippen MR) is 130 cm³/mol. The van der Waals surface area contributed by atoms with Gasteiger partial charge in [0.2, 0.25) is 0 Å². The van der Waals surface area contributed by atoms with Crippen LogP contribution < -0.4 is 15.4 Å². The van der Waals surface area contributed by atoms with Crippen LogP contribution in [0, 0.1) is 5.82 Å². The number of benzene rings is 3. The highest BCUT2D eigenvalue weighted by Gasteiger charge is 2.25. The molecule has 0 aliphatic carbocycles. The molecule has 0 unspecified atom stereocenters. The first-order chi connectivity index (χ1) is 14.2. The van der Waals surface area contributed by atoms with Crippen LogP contribution in [0.1, 0.15) is 30.0 Å². The molecule has 166 valence electrons. The standard InChI is InChI=1S/C25H27FN2O.2ClH/c1-29-24-14-11-20(18-9-12-22(26)13-10-18)16-21(24)17-28-23-8-5-15-27-25(23)19-6-3-2-4-7-19;;/h2-4,6-7,9-14,16,23,25,27-28H,5,8,15,17H2,1H3;2*1H/t23-,25-;;/m0../s1. The molecule has 1 saturated heterocycles. The average molecular weight is 463 g/mol. The van der Waals surface area contributed by atoms with Crippen LogP contribution in [0.3, 0.4) is 0 Å². The van der Waals surface area contributed by atoms with E-state index in [0.29, 0.717) is 18.6 Å². The van der Waals surface area contributed by atoms with Gasteiger partial charge in [0.25, 0.3) is 0 Å². The Labute approximate surface area is 196 Å². The minimum absolute atomic E-state index is 0. The predicted octanol–water partition coefficient (Wildman–Crippen LogP) is 5.93. The molecule has 31 heavy (non-hydrogen) atoms. The molecule has 3 aromatic rings. The highest BCUT2D eigenvalue weighted by Crippen LogP contribution is 2.28. The number of halogens is 3. The Morgan fingerprint density at radius 3 is 2.39 bits per heavy atom. The second-order valence-electron chi connectivity index (χ2n) is 7.51. The molecule has 0 radical (unpaired) electrons. The normalized spacial score (nSPS) is 17.9. The molecule has 1 aliphatic rings. The zero-order chi connectivity index (χ0) is 20.1. The average Bonchev–Trinajstić information content (AvgIpc) is 2.79. The van der Waals surface area contributed by atoms with Crippen molar-refractivity contribution < 1.29 is 9.13 Å². The summed E-state index contributed by atoms with van der Waals surface area (Å²) in [7, 11) is 1.70. The summed E-state index contributed by atoms with van der Waals surface area (Å²) in [5, 5.41) is 7.41. The van der Waals surface area contributed by atoms with Crippen molar-refractivity contribution in [3.63, 3.8) is 0 Å². The van der Waals surface area contributed by atoms with Gasteiger partial charge in [-0.2, -0.15) is 0 Å². The topological polar surface area (TPSA) is 33.3 Å². The highest BCUT2D eigenvalue weighted by atomic mass is 35.5. The van der Waals surface area contributed by atoms with Gasteiger partial charge in [0, 0.05) is 24.2 Å². The Balaban J connectivity index is 0.00000171. The molecule has 2 N–H and O–H groups in total. The maximum Gasteiger partial charge on any atom is 0.123 e. The van der Waals surface area contributed by atoms with Crippen molar-refractivity contribution in [1.29, 1.82) is 0 Å². The lowest BCUT2D eigenvalue weighted by atomic mass is 9.92. The van der Waals surface area contributed by atoms with Crippen LogP contribution in [-0.2, 0) is 6.54 Å². The molecular weight excluding hydrogens is 434 g/mol. The zero-order valence-corrected chi connectivity index (χ0v) is 19.1. The molecule has 3 nitrogen and oxygen atoms in total.